The molecular formula is C14H17N7OS. The van der Waals surface area contributed by atoms with Crippen molar-refractivity contribution in [3.63, 3.8) is 0 Å². The van der Waals surface area contributed by atoms with Crippen LogP contribution in [-0.2, 0) is 6.54 Å². The van der Waals surface area contributed by atoms with Crippen molar-refractivity contribution < 1.29 is 5.11 Å². The Labute approximate surface area is 137 Å². The standard InChI is InChI=1S/C14H17N7OS/c15-14-13-12(20-8-21-14)9(4-19-13)3-18-10(6-22)7-23-11-5-16-1-2-17-11/h1-2,4-5,8,10,18-19,22H,3,6-7H2,(H2,15,20,21). The largest absolute Gasteiger partial charge is 0.395 e. The van der Waals surface area contributed by atoms with E-state index in [1.165, 1.54) is 6.33 Å². The van der Waals surface area contributed by atoms with E-state index in [0.717, 1.165) is 21.6 Å². The van der Waals surface area contributed by atoms with E-state index in [9.17, 15) is 5.11 Å². The van der Waals surface area contributed by atoms with Gasteiger partial charge in [0.15, 0.2) is 5.82 Å². The minimum atomic E-state index is -0.0638. The number of hydrogen-bond donors (Lipinski definition) is 4. The van der Waals surface area contributed by atoms with Gasteiger partial charge in [-0.2, -0.15) is 0 Å². The lowest BCUT2D eigenvalue weighted by Gasteiger charge is -2.15. The van der Waals surface area contributed by atoms with Crippen molar-refractivity contribution in [1.82, 2.24) is 30.2 Å². The molecule has 0 aliphatic heterocycles. The Morgan fingerprint density at radius 3 is 3.00 bits per heavy atom. The number of aliphatic hydroxyl groups excluding tert-OH is 1. The third-order valence-electron chi connectivity index (χ3n) is 3.34. The summed E-state index contributed by atoms with van der Waals surface area (Å²) in [6.07, 6.45) is 8.30. The molecule has 0 saturated heterocycles. The molecule has 0 bridgehead atoms. The average Bonchev–Trinajstić information content (AvgIpc) is 3.01. The summed E-state index contributed by atoms with van der Waals surface area (Å²) in [7, 11) is 0. The number of anilines is 1. The Morgan fingerprint density at radius 1 is 1.30 bits per heavy atom. The topological polar surface area (TPSA) is 126 Å². The predicted molar refractivity (Wildman–Crippen MR) is 88.8 cm³/mol. The highest BCUT2D eigenvalue weighted by Crippen LogP contribution is 2.19. The van der Waals surface area contributed by atoms with Crippen molar-refractivity contribution in [2.75, 3.05) is 18.1 Å². The molecule has 5 N–H and O–H groups in total. The Balaban J connectivity index is 1.60. The minimum absolute atomic E-state index is 0.0345. The van der Waals surface area contributed by atoms with Crippen LogP contribution in [0.25, 0.3) is 11.0 Å². The molecule has 1 unspecified atom stereocenters. The van der Waals surface area contributed by atoms with Gasteiger partial charge in [-0.1, -0.05) is 0 Å². The zero-order valence-electron chi connectivity index (χ0n) is 12.3. The number of hydrogen-bond acceptors (Lipinski definition) is 8. The summed E-state index contributed by atoms with van der Waals surface area (Å²) in [5, 5.41) is 13.7. The number of H-pyrrole nitrogens is 1. The molecule has 0 fully saturated rings. The van der Waals surface area contributed by atoms with E-state index in [1.54, 1.807) is 30.4 Å². The van der Waals surface area contributed by atoms with Gasteiger partial charge in [0.2, 0.25) is 0 Å². The summed E-state index contributed by atoms with van der Waals surface area (Å²) in [4.78, 5) is 19.5. The lowest BCUT2D eigenvalue weighted by atomic mass is 10.2. The molecule has 8 nitrogen and oxygen atoms in total. The quantitative estimate of drug-likeness (QED) is 0.463. The Kier molecular flexibility index (Phi) is 5.01. The first kappa shape index (κ1) is 15.7. The smallest absolute Gasteiger partial charge is 0.151 e. The summed E-state index contributed by atoms with van der Waals surface area (Å²) in [6, 6.07) is -0.0638. The fraction of sp³-hybridized carbons (Fsp3) is 0.286. The highest BCUT2D eigenvalue weighted by Gasteiger charge is 2.12. The van der Waals surface area contributed by atoms with Crippen molar-refractivity contribution >= 4 is 28.6 Å². The van der Waals surface area contributed by atoms with E-state index in [-0.39, 0.29) is 12.6 Å². The fourth-order valence-electron chi connectivity index (χ4n) is 2.12. The predicted octanol–water partition coefficient (Wildman–Crippen LogP) is 0.573. The van der Waals surface area contributed by atoms with E-state index in [0.29, 0.717) is 18.1 Å². The fourth-order valence-corrected chi connectivity index (χ4v) is 2.99. The van der Waals surface area contributed by atoms with Crippen LogP contribution in [0.4, 0.5) is 5.82 Å². The zero-order valence-corrected chi connectivity index (χ0v) is 13.1. The summed E-state index contributed by atoms with van der Waals surface area (Å²) < 4.78 is 0. The maximum absolute atomic E-state index is 9.52. The van der Waals surface area contributed by atoms with Gasteiger partial charge in [0.25, 0.3) is 0 Å². The SMILES string of the molecule is Nc1ncnc2c(CNC(CO)CSc3cnccn3)c[nH]c12. The molecule has 1 atom stereocenters. The maximum atomic E-state index is 9.52. The summed E-state index contributed by atoms with van der Waals surface area (Å²) >= 11 is 1.55. The molecule has 0 aliphatic carbocycles. The van der Waals surface area contributed by atoms with Gasteiger partial charge in [0.05, 0.1) is 18.3 Å². The van der Waals surface area contributed by atoms with E-state index in [4.69, 9.17) is 5.73 Å². The molecule has 120 valence electrons. The van der Waals surface area contributed by atoms with E-state index >= 15 is 0 Å². The van der Waals surface area contributed by atoms with Crippen LogP contribution in [0.15, 0.2) is 36.1 Å². The molecule has 0 aromatic carbocycles. The number of nitrogens with two attached hydrogens (primary N) is 1. The number of nitrogens with zero attached hydrogens (tertiary/aromatic N) is 4. The third-order valence-corrected chi connectivity index (χ3v) is 4.42. The van der Waals surface area contributed by atoms with Gasteiger partial charge in [0.1, 0.15) is 16.9 Å². The van der Waals surface area contributed by atoms with Crippen LogP contribution < -0.4 is 11.1 Å². The molecule has 0 radical (unpaired) electrons. The number of thioether (sulfide) groups is 1. The highest BCUT2D eigenvalue weighted by atomic mass is 32.2. The summed E-state index contributed by atoms with van der Waals surface area (Å²) in [5.41, 5.74) is 8.32. The lowest BCUT2D eigenvalue weighted by molar-refractivity contribution is 0.253. The van der Waals surface area contributed by atoms with Gasteiger partial charge in [-0.25, -0.2) is 15.0 Å². The molecule has 9 heteroatoms. The number of fused-ring (bicyclic) bond motifs is 1. The van der Waals surface area contributed by atoms with E-state index in [1.807, 2.05) is 6.20 Å². The van der Waals surface area contributed by atoms with Crippen molar-refractivity contribution in [3.05, 3.63) is 36.7 Å². The second-order valence-electron chi connectivity index (χ2n) is 4.91. The summed E-state index contributed by atoms with van der Waals surface area (Å²) in [6.45, 7) is 0.607. The third kappa shape index (κ3) is 3.76. The average molecular weight is 331 g/mol. The number of nitrogens with one attached hydrogen (secondary N) is 2. The first-order valence-electron chi connectivity index (χ1n) is 7.07. The van der Waals surface area contributed by atoms with Crippen molar-refractivity contribution in [1.29, 1.82) is 0 Å². The second-order valence-corrected chi connectivity index (χ2v) is 5.95. The van der Waals surface area contributed by atoms with Gasteiger partial charge >= 0.3 is 0 Å². The molecule has 3 heterocycles. The molecule has 0 spiro atoms. The van der Waals surface area contributed by atoms with Gasteiger partial charge in [-0.15, -0.1) is 11.8 Å². The van der Waals surface area contributed by atoms with Gasteiger partial charge in [-0.05, 0) is 0 Å². The Bertz CT molecular complexity index is 764. The van der Waals surface area contributed by atoms with E-state index in [2.05, 4.69) is 30.2 Å². The molecule has 3 rings (SSSR count). The molecule has 0 amide bonds. The zero-order chi connectivity index (χ0) is 16.1. The van der Waals surface area contributed by atoms with Crippen LogP contribution in [-0.4, -0.2) is 48.4 Å². The van der Waals surface area contributed by atoms with Crippen LogP contribution in [0.5, 0.6) is 0 Å². The van der Waals surface area contributed by atoms with Crippen LogP contribution >= 0.6 is 11.8 Å². The Hall–Kier alpha value is -2.23. The summed E-state index contributed by atoms with van der Waals surface area (Å²) in [5.74, 6) is 1.12. The van der Waals surface area contributed by atoms with Crippen molar-refractivity contribution in [3.8, 4) is 0 Å². The lowest BCUT2D eigenvalue weighted by Crippen LogP contribution is -2.34. The van der Waals surface area contributed by atoms with Gasteiger partial charge in [-0.3, -0.25) is 4.98 Å². The monoisotopic (exact) mass is 331 g/mol. The molecule has 3 aromatic heterocycles. The normalized spacial score (nSPS) is 12.6. The van der Waals surface area contributed by atoms with Gasteiger partial charge < -0.3 is 21.1 Å². The Morgan fingerprint density at radius 2 is 2.22 bits per heavy atom. The van der Waals surface area contributed by atoms with Crippen molar-refractivity contribution in [2.24, 2.45) is 0 Å². The minimum Gasteiger partial charge on any atom is -0.395 e. The first-order valence-corrected chi connectivity index (χ1v) is 8.06. The number of aromatic amines is 1. The molecule has 0 aliphatic rings. The van der Waals surface area contributed by atoms with Crippen LogP contribution in [0.1, 0.15) is 5.56 Å². The number of aliphatic hydroxyl groups is 1. The van der Waals surface area contributed by atoms with Crippen LogP contribution in [0.2, 0.25) is 0 Å². The molecular weight excluding hydrogens is 314 g/mol. The molecule has 23 heavy (non-hydrogen) atoms. The number of nitrogen functional groups attached to an aromatic ring is 1. The molecule has 0 saturated carbocycles. The second kappa shape index (κ2) is 7.36. The number of rotatable bonds is 7. The number of aromatic nitrogens is 5. The highest BCUT2D eigenvalue weighted by molar-refractivity contribution is 7.99. The van der Waals surface area contributed by atoms with E-state index < -0.39 is 0 Å². The first-order chi connectivity index (χ1) is 11.3. The van der Waals surface area contributed by atoms with Gasteiger partial charge in [0, 0.05) is 42.5 Å². The van der Waals surface area contributed by atoms with Crippen molar-refractivity contribution in [2.45, 2.75) is 17.6 Å². The maximum Gasteiger partial charge on any atom is 0.151 e. The van der Waals surface area contributed by atoms with Crippen LogP contribution in [0.3, 0.4) is 0 Å². The molecule has 3 aromatic rings. The van der Waals surface area contributed by atoms with Crippen LogP contribution in [0, 0.1) is 0 Å².